The van der Waals surface area contributed by atoms with Crippen LogP contribution in [-0.2, 0) is 18.8 Å². The van der Waals surface area contributed by atoms with Crippen molar-refractivity contribution < 1.29 is 38.8 Å². The zero-order valence-corrected chi connectivity index (χ0v) is 17.1. The molecule has 2 saturated heterocycles. The summed E-state index contributed by atoms with van der Waals surface area (Å²) in [7, 11) is -4.35. The lowest BCUT2D eigenvalue weighted by Gasteiger charge is -2.28. The number of hydrogen-bond donors (Lipinski definition) is 4. The molecule has 2 fully saturated rings. The molecule has 2 aliphatic heterocycles. The second-order valence-corrected chi connectivity index (χ2v) is 8.82. The van der Waals surface area contributed by atoms with Gasteiger partial charge in [-0.15, -0.1) is 0 Å². The van der Waals surface area contributed by atoms with Gasteiger partial charge < -0.3 is 39.1 Å². The summed E-state index contributed by atoms with van der Waals surface area (Å²) in [5, 5.41) is 20.8. The second kappa shape index (κ2) is 8.44. The molecule has 0 spiro atoms. The molecule has 4 rings (SSSR count). The van der Waals surface area contributed by atoms with Gasteiger partial charge in [0.15, 0.2) is 23.2 Å². The first kappa shape index (κ1) is 21.5. The summed E-state index contributed by atoms with van der Waals surface area (Å²) in [6, 6.07) is 0. The van der Waals surface area contributed by atoms with Crippen LogP contribution in [0.3, 0.4) is 0 Å². The van der Waals surface area contributed by atoms with E-state index in [1.54, 1.807) is 6.92 Å². The average Bonchev–Trinajstić information content (AvgIpc) is 3.23. The van der Waals surface area contributed by atoms with Crippen LogP contribution in [0, 0.1) is 6.92 Å². The molecule has 2 aromatic rings. The lowest BCUT2D eigenvalue weighted by atomic mass is 10.1. The molecule has 0 saturated carbocycles. The van der Waals surface area contributed by atoms with E-state index in [1.165, 1.54) is 10.9 Å². The lowest BCUT2D eigenvalue weighted by molar-refractivity contribution is -0.0612. The number of fused-ring (bicyclic) bond motifs is 1. The van der Waals surface area contributed by atoms with Gasteiger partial charge in [-0.3, -0.25) is 9.13 Å². The highest BCUT2D eigenvalue weighted by atomic mass is 31.2. The Hall–Kier alpha value is -1.70. The van der Waals surface area contributed by atoms with Gasteiger partial charge in [-0.2, -0.15) is 0 Å². The van der Waals surface area contributed by atoms with E-state index in [1.807, 2.05) is 0 Å². The van der Waals surface area contributed by atoms with Gasteiger partial charge in [0.25, 0.3) is 0 Å². The number of morpholine rings is 1. The zero-order chi connectivity index (χ0) is 21.5. The molecule has 30 heavy (non-hydrogen) atoms. The Morgan fingerprint density at radius 3 is 2.67 bits per heavy atom. The first-order valence-corrected chi connectivity index (χ1v) is 11.2. The minimum Gasteiger partial charge on any atom is -0.387 e. The Balaban J connectivity index is 1.58. The van der Waals surface area contributed by atoms with Crippen molar-refractivity contribution in [1.29, 1.82) is 0 Å². The molecular formula is C16H24N5O8P. The van der Waals surface area contributed by atoms with Crippen LogP contribution in [0.15, 0.2) is 6.33 Å². The summed E-state index contributed by atoms with van der Waals surface area (Å²) in [5.41, 5.74) is 0.978. The van der Waals surface area contributed by atoms with Crippen LogP contribution in [-0.4, -0.2) is 97.1 Å². The van der Waals surface area contributed by atoms with Crippen LogP contribution < -0.4 is 4.90 Å². The number of aryl methyl sites for hydroxylation is 1. The van der Waals surface area contributed by atoms with E-state index >= 15 is 0 Å². The SMILES string of the molecule is Cc1nc(N2CCOCC2)c2ncn([C@@H]3O[C@H](COCP(=O)(O)O)[C@@H](O)[C@H]3O)c2n1. The van der Waals surface area contributed by atoms with Crippen molar-refractivity contribution in [3.05, 3.63) is 12.2 Å². The first-order valence-electron chi connectivity index (χ1n) is 9.42. The number of imidazole rings is 1. The van der Waals surface area contributed by atoms with Crippen LogP contribution >= 0.6 is 7.60 Å². The highest BCUT2D eigenvalue weighted by Gasteiger charge is 2.44. The van der Waals surface area contributed by atoms with E-state index in [9.17, 15) is 14.8 Å². The van der Waals surface area contributed by atoms with Crippen molar-refractivity contribution >= 4 is 24.6 Å². The van der Waals surface area contributed by atoms with Crippen LogP contribution in [0.25, 0.3) is 11.2 Å². The number of aromatic nitrogens is 4. The van der Waals surface area contributed by atoms with Gasteiger partial charge in [-0.05, 0) is 6.92 Å². The minimum absolute atomic E-state index is 0.292. The fraction of sp³-hybridized carbons (Fsp3) is 0.688. The number of anilines is 1. The second-order valence-electron chi connectivity index (χ2n) is 7.23. The van der Waals surface area contributed by atoms with Crippen molar-refractivity contribution in [1.82, 2.24) is 19.5 Å². The number of rotatable bonds is 6. The number of aliphatic hydroxyl groups is 2. The van der Waals surface area contributed by atoms with Crippen molar-refractivity contribution in [3.63, 3.8) is 0 Å². The van der Waals surface area contributed by atoms with Gasteiger partial charge in [-0.1, -0.05) is 0 Å². The lowest BCUT2D eigenvalue weighted by Crippen LogP contribution is -2.37. The molecule has 0 radical (unpaired) electrons. The number of hydrogen-bond acceptors (Lipinski definition) is 10. The van der Waals surface area contributed by atoms with Crippen LogP contribution in [0.5, 0.6) is 0 Å². The Labute approximate surface area is 171 Å². The van der Waals surface area contributed by atoms with Crippen LogP contribution in [0.1, 0.15) is 12.1 Å². The predicted molar refractivity (Wildman–Crippen MR) is 102 cm³/mol. The third kappa shape index (κ3) is 4.34. The van der Waals surface area contributed by atoms with Gasteiger partial charge >= 0.3 is 7.60 Å². The number of nitrogens with zero attached hydrogens (tertiary/aromatic N) is 5. The van der Waals surface area contributed by atoms with Crippen molar-refractivity contribution in [2.75, 3.05) is 44.2 Å². The maximum Gasteiger partial charge on any atom is 0.350 e. The van der Waals surface area contributed by atoms with Gasteiger partial charge in [0.2, 0.25) is 0 Å². The van der Waals surface area contributed by atoms with Gasteiger partial charge in [0.05, 0.1) is 26.1 Å². The fourth-order valence-electron chi connectivity index (χ4n) is 3.57. The third-order valence-electron chi connectivity index (χ3n) is 4.98. The van der Waals surface area contributed by atoms with E-state index in [2.05, 4.69) is 19.9 Å². The van der Waals surface area contributed by atoms with E-state index in [0.29, 0.717) is 49.1 Å². The topological polar surface area (TPSA) is 173 Å². The zero-order valence-electron chi connectivity index (χ0n) is 16.2. The molecule has 0 aliphatic carbocycles. The fourth-order valence-corrected chi connectivity index (χ4v) is 3.92. The summed E-state index contributed by atoms with van der Waals surface area (Å²) in [4.78, 5) is 33.2. The minimum atomic E-state index is -4.35. The molecular weight excluding hydrogens is 421 g/mol. The third-order valence-corrected chi connectivity index (χ3v) is 5.50. The van der Waals surface area contributed by atoms with Crippen molar-refractivity contribution in [2.45, 2.75) is 31.5 Å². The molecule has 4 atom stereocenters. The average molecular weight is 445 g/mol. The molecule has 2 aromatic heterocycles. The smallest absolute Gasteiger partial charge is 0.350 e. The quantitative estimate of drug-likeness (QED) is 0.390. The van der Waals surface area contributed by atoms with Crippen LogP contribution in [0.4, 0.5) is 5.82 Å². The molecule has 0 aromatic carbocycles. The molecule has 13 nitrogen and oxygen atoms in total. The predicted octanol–water partition coefficient (Wildman–Crippen LogP) is -1.26. The molecule has 0 bridgehead atoms. The Bertz CT molecular complexity index is 945. The summed E-state index contributed by atoms with van der Waals surface area (Å²) >= 11 is 0. The van der Waals surface area contributed by atoms with E-state index in [4.69, 9.17) is 24.0 Å². The monoisotopic (exact) mass is 445 g/mol. The summed E-state index contributed by atoms with van der Waals surface area (Å²) in [5.74, 6) is 1.18. The Morgan fingerprint density at radius 1 is 1.23 bits per heavy atom. The maximum atomic E-state index is 10.9. The highest BCUT2D eigenvalue weighted by Crippen LogP contribution is 2.36. The summed E-state index contributed by atoms with van der Waals surface area (Å²) < 4.78 is 28.5. The molecule has 0 unspecified atom stereocenters. The van der Waals surface area contributed by atoms with Gasteiger partial charge in [-0.25, -0.2) is 15.0 Å². The van der Waals surface area contributed by atoms with Gasteiger partial charge in [0.1, 0.15) is 30.5 Å². The molecule has 4 N–H and O–H groups in total. The summed E-state index contributed by atoms with van der Waals surface area (Å²) in [6.45, 7) is 3.95. The highest BCUT2D eigenvalue weighted by molar-refractivity contribution is 7.51. The molecule has 0 amide bonds. The largest absolute Gasteiger partial charge is 0.387 e. The van der Waals surface area contributed by atoms with E-state index < -0.39 is 38.5 Å². The van der Waals surface area contributed by atoms with Crippen molar-refractivity contribution in [3.8, 4) is 0 Å². The number of aliphatic hydroxyl groups excluding tert-OH is 2. The molecule has 166 valence electrons. The maximum absolute atomic E-state index is 10.9. The molecule has 14 heteroatoms. The Morgan fingerprint density at radius 2 is 1.97 bits per heavy atom. The number of ether oxygens (including phenoxy) is 3. The first-order chi connectivity index (χ1) is 14.2. The summed E-state index contributed by atoms with van der Waals surface area (Å²) in [6.07, 6.45) is -3.94. The molecule has 4 heterocycles. The van der Waals surface area contributed by atoms with E-state index in [-0.39, 0.29) is 6.61 Å². The van der Waals surface area contributed by atoms with Crippen molar-refractivity contribution in [2.24, 2.45) is 0 Å². The van der Waals surface area contributed by atoms with Crippen LogP contribution in [0.2, 0.25) is 0 Å². The normalized spacial score (nSPS) is 27.8. The van der Waals surface area contributed by atoms with E-state index in [0.717, 1.165) is 0 Å². The Kier molecular flexibility index (Phi) is 6.06. The standard InChI is InChI=1S/C16H24N5O8P/c1-9-18-14(20-2-4-27-5-3-20)11-15(19-9)21(7-17-11)16-13(23)12(22)10(29-16)6-28-8-30(24,25)26/h7,10,12-13,16,22-23H,2-6,8H2,1H3,(H2,24,25,26)/t10-,12-,13-,16-/m1/s1. The van der Waals surface area contributed by atoms with Gasteiger partial charge in [0, 0.05) is 13.1 Å². The molecule has 2 aliphatic rings.